The number of aliphatic hydroxyl groups excluding tert-OH is 1. The minimum atomic E-state index is -4.13. The first-order valence-corrected chi connectivity index (χ1v) is 11.5. The van der Waals surface area contributed by atoms with Crippen LogP contribution in [0.5, 0.6) is 0 Å². The second kappa shape index (κ2) is 7.84. The van der Waals surface area contributed by atoms with E-state index in [1.165, 1.54) is 13.0 Å². The van der Waals surface area contributed by atoms with Crippen LogP contribution in [0.3, 0.4) is 0 Å². The summed E-state index contributed by atoms with van der Waals surface area (Å²) in [7, 11) is -4.13. The van der Waals surface area contributed by atoms with Crippen LogP contribution in [0.25, 0.3) is 11.0 Å². The zero-order chi connectivity index (χ0) is 22.5. The topological polar surface area (TPSA) is 92.5 Å². The van der Waals surface area contributed by atoms with Crippen LogP contribution in [0.15, 0.2) is 36.4 Å². The van der Waals surface area contributed by atoms with E-state index in [9.17, 15) is 18.3 Å². The van der Waals surface area contributed by atoms with Crippen molar-refractivity contribution in [2.75, 3.05) is 0 Å². The molecule has 31 heavy (non-hydrogen) atoms. The third-order valence-electron chi connectivity index (χ3n) is 5.03. The summed E-state index contributed by atoms with van der Waals surface area (Å²) in [6.45, 7) is 3.60. The molecule has 0 saturated heterocycles. The van der Waals surface area contributed by atoms with Gasteiger partial charge in [0.15, 0.2) is 0 Å². The second-order valence-corrected chi connectivity index (χ2v) is 9.61. The molecule has 0 fully saturated rings. The monoisotopic (exact) mass is 477 g/mol. The summed E-state index contributed by atoms with van der Waals surface area (Å²) >= 11 is 12.3. The van der Waals surface area contributed by atoms with Crippen molar-refractivity contribution in [3.8, 4) is 11.2 Å². The lowest BCUT2D eigenvalue weighted by Crippen LogP contribution is -2.45. The zero-order valence-electron chi connectivity index (χ0n) is 16.5. The van der Waals surface area contributed by atoms with E-state index in [1.807, 2.05) is 22.8 Å². The smallest absolute Gasteiger partial charge is 0.308 e. The lowest BCUT2D eigenvalue weighted by molar-refractivity contribution is 0.0741. The zero-order valence-corrected chi connectivity index (χ0v) is 18.8. The number of aliphatic hydroxyl groups is 1. The summed E-state index contributed by atoms with van der Waals surface area (Å²) in [5.41, 5.74) is 2.23. The van der Waals surface area contributed by atoms with Crippen LogP contribution in [0.1, 0.15) is 28.7 Å². The van der Waals surface area contributed by atoms with Gasteiger partial charge in [-0.15, -0.1) is 0 Å². The Labute approximate surface area is 189 Å². The molecule has 2 heterocycles. The van der Waals surface area contributed by atoms with E-state index in [-0.39, 0.29) is 5.56 Å². The molecule has 10 heteroatoms. The van der Waals surface area contributed by atoms with Gasteiger partial charge < -0.3 is 9.67 Å². The molecule has 7 nitrogen and oxygen atoms in total. The van der Waals surface area contributed by atoms with E-state index in [0.29, 0.717) is 37.8 Å². The van der Waals surface area contributed by atoms with E-state index in [0.717, 1.165) is 5.56 Å². The van der Waals surface area contributed by atoms with Crippen molar-refractivity contribution in [2.24, 2.45) is 0 Å². The van der Waals surface area contributed by atoms with Gasteiger partial charge >= 0.3 is 10.0 Å². The van der Waals surface area contributed by atoms with Crippen LogP contribution in [0, 0.1) is 18.1 Å². The molecule has 2 unspecified atom stereocenters. The first-order valence-electron chi connectivity index (χ1n) is 9.28. The van der Waals surface area contributed by atoms with Gasteiger partial charge in [0.25, 0.3) is 5.91 Å². The van der Waals surface area contributed by atoms with Crippen LogP contribution in [-0.4, -0.2) is 45.4 Å². The molecule has 160 valence electrons. The number of fused-ring (bicyclic) bond motifs is 1. The van der Waals surface area contributed by atoms with E-state index >= 15 is 0 Å². The molecule has 0 saturated carbocycles. The number of hydrogen-bond donors (Lipinski definition) is 1. The van der Waals surface area contributed by atoms with Crippen molar-refractivity contribution in [3.05, 3.63) is 63.4 Å². The predicted octanol–water partition coefficient (Wildman–Crippen LogP) is 3.20. The number of benzene rings is 2. The molecule has 1 aliphatic heterocycles. The standard InChI is InChI=1S/C21H17Cl2N3O4S/c1-12(27)19-7-8-31(29,30)26(19)21(28)14-4-6-18-20(9-14)25(13(2)24-18)11-15-3-5-16(22)10-17(15)23/h3-6,9-10,12,19,27H,11H2,1-2H3. The summed E-state index contributed by atoms with van der Waals surface area (Å²) < 4.78 is 27.1. The summed E-state index contributed by atoms with van der Waals surface area (Å²) in [6.07, 6.45) is -1.13. The summed E-state index contributed by atoms with van der Waals surface area (Å²) in [4.78, 5) is 17.6. The molecule has 0 spiro atoms. The lowest BCUT2D eigenvalue weighted by atomic mass is 10.1. The fraction of sp³-hybridized carbons (Fsp3) is 0.238. The maximum atomic E-state index is 13.1. The first-order chi connectivity index (χ1) is 14.6. The fourth-order valence-electron chi connectivity index (χ4n) is 3.47. The Morgan fingerprint density at radius 1 is 1.26 bits per heavy atom. The van der Waals surface area contributed by atoms with Gasteiger partial charge in [-0.05, 0) is 49.7 Å². The Morgan fingerprint density at radius 3 is 2.68 bits per heavy atom. The van der Waals surface area contributed by atoms with Crippen molar-refractivity contribution >= 4 is 50.2 Å². The van der Waals surface area contributed by atoms with Gasteiger partial charge in [0.1, 0.15) is 11.9 Å². The van der Waals surface area contributed by atoms with E-state index < -0.39 is 28.1 Å². The molecule has 0 aliphatic carbocycles. The van der Waals surface area contributed by atoms with Crippen LogP contribution < -0.4 is 0 Å². The SMILES string of the molecule is Cc1nc2ccc(C(=O)N3C(C(C)O)C#CS3(=O)=O)cc2n1Cc1ccc(Cl)cc1Cl. The van der Waals surface area contributed by atoms with Crippen molar-refractivity contribution in [2.45, 2.75) is 32.5 Å². The van der Waals surface area contributed by atoms with Crippen LogP contribution in [0.2, 0.25) is 10.0 Å². The molecule has 1 aliphatic rings. The number of imidazole rings is 1. The molecular formula is C21H17Cl2N3O4S. The highest BCUT2D eigenvalue weighted by Crippen LogP contribution is 2.26. The number of hydrogen-bond acceptors (Lipinski definition) is 5. The van der Waals surface area contributed by atoms with Gasteiger partial charge in [0.2, 0.25) is 0 Å². The number of carbonyl (C=O) groups is 1. The minimum absolute atomic E-state index is 0.135. The average Bonchev–Trinajstić information content (AvgIpc) is 3.18. The Hall–Kier alpha value is -2.57. The number of halogens is 2. The molecule has 1 N–H and O–H groups in total. The number of carbonyl (C=O) groups excluding carboxylic acids is 1. The molecule has 1 amide bonds. The maximum absolute atomic E-state index is 13.1. The van der Waals surface area contributed by atoms with Gasteiger partial charge in [-0.2, -0.15) is 8.42 Å². The van der Waals surface area contributed by atoms with Crippen molar-refractivity contribution in [3.63, 3.8) is 0 Å². The van der Waals surface area contributed by atoms with E-state index in [4.69, 9.17) is 23.2 Å². The average molecular weight is 478 g/mol. The second-order valence-electron chi connectivity index (χ2n) is 7.22. The Morgan fingerprint density at radius 2 is 2.00 bits per heavy atom. The third kappa shape index (κ3) is 3.90. The molecule has 2 atom stereocenters. The van der Waals surface area contributed by atoms with Gasteiger partial charge in [0.05, 0.1) is 28.9 Å². The van der Waals surface area contributed by atoms with Gasteiger partial charge in [-0.1, -0.05) is 35.2 Å². The molecule has 0 radical (unpaired) electrons. The van der Waals surface area contributed by atoms with Crippen molar-refractivity contribution in [1.82, 2.24) is 13.9 Å². The van der Waals surface area contributed by atoms with Crippen LogP contribution >= 0.6 is 23.2 Å². The number of nitrogens with zero attached hydrogens (tertiary/aromatic N) is 3. The van der Waals surface area contributed by atoms with Gasteiger partial charge in [0, 0.05) is 15.6 Å². The number of aromatic nitrogens is 2. The van der Waals surface area contributed by atoms with E-state index in [1.54, 1.807) is 24.3 Å². The van der Waals surface area contributed by atoms with Crippen molar-refractivity contribution < 1.29 is 18.3 Å². The van der Waals surface area contributed by atoms with Gasteiger partial charge in [-0.25, -0.2) is 9.29 Å². The summed E-state index contributed by atoms with van der Waals surface area (Å²) in [6, 6.07) is 8.80. The fourth-order valence-corrected chi connectivity index (χ4v) is 5.16. The van der Waals surface area contributed by atoms with Gasteiger partial charge in [-0.3, -0.25) is 4.79 Å². The number of sulfonamides is 1. The third-order valence-corrected chi connectivity index (χ3v) is 6.91. The molecule has 1 aromatic heterocycles. The van der Waals surface area contributed by atoms with E-state index in [2.05, 4.69) is 10.9 Å². The molecule has 4 rings (SSSR count). The Kier molecular flexibility index (Phi) is 5.48. The number of amides is 1. The lowest BCUT2D eigenvalue weighted by Gasteiger charge is -2.23. The van der Waals surface area contributed by atoms with Crippen LogP contribution in [-0.2, 0) is 16.6 Å². The number of aryl methyl sites for hydroxylation is 1. The molecular weight excluding hydrogens is 461 g/mol. The predicted molar refractivity (Wildman–Crippen MR) is 118 cm³/mol. The van der Waals surface area contributed by atoms with Crippen LogP contribution in [0.4, 0.5) is 0 Å². The first kappa shape index (κ1) is 21.7. The summed E-state index contributed by atoms with van der Waals surface area (Å²) in [5.74, 6) is 2.34. The highest BCUT2D eigenvalue weighted by Gasteiger charge is 2.40. The molecule has 3 aromatic rings. The number of rotatable bonds is 4. The highest BCUT2D eigenvalue weighted by atomic mass is 35.5. The quantitative estimate of drug-likeness (QED) is 0.582. The Balaban J connectivity index is 1.76. The minimum Gasteiger partial charge on any atom is -0.390 e. The largest absolute Gasteiger partial charge is 0.390 e. The van der Waals surface area contributed by atoms with Crippen molar-refractivity contribution in [1.29, 1.82) is 0 Å². The maximum Gasteiger partial charge on any atom is 0.308 e. The summed E-state index contributed by atoms with van der Waals surface area (Å²) in [5, 5.41) is 13.0. The highest BCUT2D eigenvalue weighted by molar-refractivity contribution is 7.94. The Bertz CT molecular complexity index is 1390. The normalized spacial score (nSPS) is 18.1. The molecule has 2 aromatic carbocycles. The molecule has 0 bridgehead atoms.